The molecular weight excluding hydrogens is 371 g/mol. The summed E-state index contributed by atoms with van der Waals surface area (Å²) in [7, 11) is 3.23. The van der Waals surface area contributed by atoms with E-state index in [2.05, 4.69) is 14.9 Å². The van der Waals surface area contributed by atoms with Crippen LogP contribution in [0.1, 0.15) is 28.3 Å². The average Bonchev–Trinajstić information content (AvgIpc) is 2.75. The van der Waals surface area contributed by atoms with Gasteiger partial charge < -0.3 is 15.2 Å². The zero-order chi connectivity index (χ0) is 20.4. The van der Waals surface area contributed by atoms with E-state index in [0.29, 0.717) is 23.6 Å². The van der Waals surface area contributed by atoms with Crippen LogP contribution in [0.15, 0.2) is 48.8 Å². The molecule has 0 amide bonds. The van der Waals surface area contributed by atoms with E-state index in [1.54, 1.807) is 32.7 Å². The van der Waals surface area contributed by atoms with Crippen molar-refractivity contribution in [2.45, 2.75) is 19.0 Å². The number of methoxy groups -OCH3 is 2. The Balaban J connectivity index is 1.81. The predicted octanol–water partition coefficient (Wildman–Crippen LogP) is 3.36. The van der Waals surface area contributed by atoms with Gasteiger partial charge in [0.1, 0.15) is 5.82 Å². The molecule has 0 saturated heterocycles. The van der Waals surface area contributed by atoms with Crippen LogP contribution in [-0.2, 0) is 13.0 Å². The average molecular weight is 394 g/mol. The van der Waals surface area contributed by atoms with Crippen molar-refractivity contribution in [1.29, 1.82) is 0 Å². The minimum absolute atomic E-state index is 0.236. The molecule has 3 aromatic rings. The molecule has 4 rings (SSSR count). The summed E-state index contributed by atoms with van der Waals surface area (Å²) in [5, 5.41) is 0. The number of hydrogen-bond acceptors (Lipinski definition) is 6. The van der Waals surface area contributed by atoms with Crippen molar-refractivity contribution in [3.05, 3.63) is 76.9 Å². The van der Waals surface area contributed by atoms with Gasteiger partial charge in [-0.25, -0.2) is 14.4 Å². The fraction of sp³-hybridized carbons (Fsp3) is 0.273. The number of nitrogens with two attached hydrogens (primary N) is 1. The van der Waals surface area contributed by atoms with Gasteiger partial charge in [-0.15, -0.1) is 0 Å². The summed E-state index contributed by atoms with van der Waals surface area (Å²) in [6.07, 6.45) is 4.24. The van der Waals surface area contributed by atoms with Gasteiger partial charge in [0, 0.05) is 36.6 Å². The highest BCUT2D eigenvalue weighted by atomic mass is 19.1. The van der Waals surface area contributed by atoms with Crippen LogP contribution in [0.4, 0.5) is 10.3 Å². The Kier molecular flexibility index (Phi) is 5.31. The fourth-order valence-electron chi connectivity index (χ4n) is 3.91. The molecule has 2 N–H and O–H groups in total. The molecule has 0 radical (unpaired) electrons. The van der Waals surface area contributed by atoms with Gasteiger partial charge >= 0.3 is 0 Å². The van der Waals surface area contributed by atoms with Crippen LogP contribution in [0, 0.1) is 5.82 Å². The number of fused-ring (bicyclic) bond motifs is 1. The molecule has 7 heteroatoms. The molecular formula is C22H23FN4O2. The lowest BCUT2D eigenvalue weighted by atomic mass is 9.87. The highest BCUT2D eigenvalue weighted by Crippen LogP contribution is 2.42. The van der Waals surface area contributed by atoms with Crippen molar-refractivity contribution >= 4 is 5.95 Å². The highest BCUT2D eigenvalue weighted by Gasteiger charge is 2.32. The summed E-state index contributed by atoms with van der Waals surface area (Å²) in [6, 6.07) is 10.6. The Hall–Kier alpha value is -3.19. The van der Waals surface area contributed by atoms with Gasteiger partial charge in [0.25, 0.3) is 0 Å². The molecule has 0 bridgehead atoms. The van der Waals surface area contributed by atoms with Gasteiger partial charge in [0.2, 0.25) is 5.95 Å². The van der Waals surface area contributed by atoms with Gasteiger partial charge in [-0.3, -0.25) is 4.90 Å². The van der Waals surface area contributed by atoms with Crippen LogP contribution in [-0.4, -0.2) is 35.6 Å². The van der Waals surface area contributed by atoms with Crippen molar-refractivity contribution in [3.63, 3.8) is 0 Å². The minimum Gasteiger partial charge on any atom is -0.493 e. The second-order valence-corrected chi connectivity index (χ2v) is 7.00. The number of anilines is 1. The Bertz CT molecular complexity index is 1010. The first-order chi connectivity index (χ1) is 14.1. The molecule has 6 nitrogen and oxygen atoms in total. The van der Waals surface area contributed by atoms with Gasteiger partial charge in [-0.05, 0) is 35.7 Å². The number of hydrogen-bond donors (Lipinski definition) is 1. The lowest BCUT2D eigenvalue weighted by Gasteiger charge is -2.38. The van der Waals surface area contributed by atoms with Crippen LogP contribution in [0.2, 0.25) is 0 Å². The Morgan fingerprint density at radius 1 is 1.07 bits per heavy atom. The van der Waals surface area contributed by atoms with Crippen LogP contribution in [0.3, 0.4) is 0 Å². The number of nitrogen functional groups attached to an aromatic ring is 1. The molecule has 150 valence electrons. The van der Waals surface area contributed by atoms with Crippen molar-refractivity contribution in [1.82, 2.24) is 14.9 Å². The predicted molar refractivity (Wildman–Crippen MR) is 108 cm³/mol. The highest BCUT2D eigenvalue weighted by molar-refractivity contribution is 5.51. The van der Waals surface area contributed by atoms with Crippen LogP contribution >= 0.6 is 0 Å². The summed E-state index contributed by atoms with van der Waals surface area (Å²) >= 11 is 0. The summed E-state index contributed by atoms with van der Waals surface area (Å²) < 4.78 is 25.8. The molecule has 0 spiro atoms. The molecule has 2 aromatic carbocycles. The van der Waals surface area contributed by atoms with Gasteiger partial charge in [-0.2, -0.15) is 0 Å². The van der Waals surface area contributed by atoms with Crippen molar-refractivity contribution in [3.8, 4) is 11.5 Å². The Morgan fingerprint density at radius 2 is 1.76 bits per heavy atom. The molecule has 1 unspecified atom stereocenters. The third-order valence-corrected chi connectivity index (χ3v) is 5.28. The molecule has 29 heavy (non-hydrogen) atoms. The van der Waals surface area contributed by atoms with Gasteiger partial charge in [-0.1, -0.05) is 18.2 Å². The van der Waals surface area contributed by atoms with Crippen molar-refractivity contribution < 1.29 is 13.9 Å². The van der Waals surface area contributed by atoms with E-state index in [1.165, 1.54) is 6.07 Å². The number of aromatic nitrogens is 2. The number of rotatable bonds is 5. The van der Waals surface area contributed by atoms with E-state index >= 15 is 0 Å². The normalized spacial score (nSPS) is 16.3. The second kappa shape index (κ2) is 8.05. The molecule has 1 aromatic heterocycles. The molecule has 0 aliphatic carbocycles. The Labute approximate surface area is 169 Å². The van der Waals surface area contributed by atoms with Crippen LogP contribution < -0.4 is 15.2 Å². The van der Waals surface area contributed by atoms with Crippen LogP contribution in [0.25, 0.3) is 0 Å². The summed E-state index contributed by atoms with van der Waals surface area (Å²) in [5.41, 5.74) is 9.29. The zero-order valence-electron chi connectivity index (χ0n) is 16.4. The molecule has 1 atom stereocenters. The summed E-state index contributed by atoms with van der Waals surface area (Å²) in [5.74, 6) is 1.31. The summed E-state index contributed by atoms with van der Waals surface area (Å²) in [6.45, 7) is 1.33. The zero-order valence-corrected chi connectivity index (χ0v) is 16.4. The van der Waals surface area contributed by atoms with E-state index < -0.39 is 0 Å². The third kappa shape index (κ3) is 3.73. The lowest BCUT2D eigenvalue weighted by Crippen LogP contribution is -2.36. The minimum atomic E-state index is -0.266. The largest absolute Gasteiger partial charge is 0.493 e. The first-order valence-corrected chi connectivity index (χ1v) is 9.40. The molecule has 1 aliphatic rings. The molecule has 0 saturated carbocycles. The van der Waals surface area contributed by atoms with Crippen molar-refractivity contribution in [2.24, 2.45) is 0 Å². The van der Waals surface area contributed by atoms with Gasteiger partial charge in [0.15, 0.2) is 11.5 Å². The van der Waals surface area contributed by atoms with E-state index in [4.69, 9.17) is 15.2 Å². The molecule has 2 heterocycles. The topological polar surface area (TPSA) is 73.5 Å². The smallest absolute Gasteiger partial charge is 0.219 e. The van der Waals surface area contributed by atoms with E-state index in [1.807, 2.05) is 24.3 Å². The molecule has 0 fully saturated rings. The maximum Gasteiger partial charge on any atom is 0.219 e. The summed E-state index contributed by atoms with van der Waals surface area (Å²) in [4.78, 5) is 10.4. The maximum absolute atomic E-state index is 14.8. The first kappa shape index (κ1) is 19.1. The number of ether oxygens (including phenoxy) is 2. The number of benzene rings is 2. The van der Waals surface area contributed by atoms with Crippen LogP contribution in [0.5, 0.6) is 11.5 Å². The number of nitrogens with zero attached hydrogens (tertiary/aromatic N) is 3. The van der Waals surface area contributed by atoms with E-state index in [9.17, 15) is 4.39 Å². The monoisotopic (exact) mass is 394 g/mol. The van der Waals surface area contributed by atoms with E-state index in [0.717, 1.165) is 29.7 Å². The Morgan fingerprint density at radius 3 is 2.45 bits per heavy atom. The standard InChI is InChI=1S/C22H23FN4O2/c1-28-19-9-15-7-8-27(13-14-11-25-22(24)26-12-14)21(17(15)10-20(19)29-2)16-5-3-4-6-18(16)23/h3-6,9-12,21H,7-8,13H2,1-2H3,(H2,24,25,26). The molecule has 1 aliphatic heterocycles. The first-order valence-electron chi connectivity index (χ1n) is 9.40. The fourth-order valence-corrected chi connectivity index (χ4v) is 3.91. The lowest BCUT2D eigenvalue weighted by molar-refractivity contribution is 0.199. The SMILES string of the molecule is COc1cc2c(cc1OC)C(c1ccccc1F)N(Cc1cnc(N)nc1)CC2. The quantitative estimate of drug-likeness (QED) is 0.715. The third-order valence-electron chi connectivity index (χ3n) is 5.28. The second-order valence-electron chi connectivity index (χ2n) is 7.00. The van der Waals surface area contributed by atoms with Crippen molar-refractivity contribution in [2.75, 3.05) is 26.5 Å². The maximum atomic E-state index is 14.8. The van der Waals surface area contributed by atoms with E-state index in [-0.39, 0.29) is 17.8 Å². The van der Waals surface area contributed by atoms with Gasteiger partial charge in [0.05, 0.1) is 20.3 Å². The number of halogens is 1.